The number of carbonyl (C=O) groups is 1. The summed E-state index contributed by atoms with van der Waals surface area (Å²) in [4.78, 5) is 13.1. The summed E-state index contributed by atoms with van der Waals surface area (Å²) in [6.07, 6.45) is 3.83. The zero-order valence-electron chi connectivity index (χ0n) is 20.2. The van der Waals surface area contributed by atoms with E-state index < -0.39 is 5.60 Å². The van der Waals surface area contributed by atoms with Crippen molar-refractivity contribution in [3.8, 4) is 23.0 Å². The van der Waals surface area contributed by atoms with E-state index >= 15 is 0 Å². The fraction of sp³-hybridized carbons (Fsp3) is 0.276. The van der Waals surface area contributed by atoms with Crippen LogP contribution in [0.3, 0.4) is 0 Å². The van der Waals surface area contributed by atoms with Crippen LogP contribution in [0.15, 0.2) is 66.7 Å². The Hall–Kier alpha value is -3.77. The number of aliphatic hydroxyl groups excluding tert-OH is 1. The summed E-state index contributed by atoms with van der Waals surface area (Å²) in [5.74, 6) is 1.94. The normalized spacial score (nSPS) is 13.5. The van der Waals surface area contributed by atoms with Gasteiger partial charge >= 0.3 is 0 Å². The molecule has 6 nitrogen and oxygen atoms in total. The van der Waals surface area contributed by atoms with Gasteiger partial charge < -0.3 is 24.1 Å². The van der Waals surface area contributed by atoms with Crippen LogP contribution in [0.25, 0.3) is 6.08 Å². The minimum atomic E-state index is -0.445. The Kier molecular flexibility index (Phi) is 7.42. The van der Waals surface area contributed by atoms with E-state index in [1.54, 1.807) is 24.3 Å². The van der Waals surface area contributed by atoms with Crippen LogP contribution in [0.1, 0.15) is 47.8 Å². The zero-order valence-corrected chi connectivity index (χ0v) is 20.2. The van der Waals surface area contributed by atoms with Crippen LogP contribution in [0, 0.1) is 0 Å². The molecule has 0 radical (unpaired) electrons. The third-order valence-electron chi connectivity index (χ3n) is 5.58. The second-order valence-corrected chi connectivity index (χ2v) is 8.74. The summed E-state index contributed by atoms with van der Waals surface area (Å²) in [5, 5.41) is 9.82. The van der Waals surface area contributed by atoms with Crippen molar-refractivity contribution in [2.75, 3.05) is 13.2 Å². The first kappa shape index (κ1) is 24.4. The van der Waals surface area contributed by atoms with E-state index in [1.807, 2.05) is 69.3 Å². The van der Waals surface area contributed by atoms with Crippen molar-refractivity contribution in [3.05, 3.63) is 89.0 Å². The Morgan fingerprint density at radius 3 is 2.51 bits per heavy atom. The molecule has 1 aliphatic heterocycles. The fourth-order valence-electron chi connectivity index (χ4n) is 3.80. The van der Waals surface area contributed by atoms with Crippen LogP contribution in [-0.2, 0) is 13.2 Å². The van der Waals surface area contributed by atoms with Crippen molar-refractivity contribution in [2.24, 2.45) is 0 Å². The molecule has 6 heteroatoms. The molecule has 0 fully saturated rings. The van der Waals surface area contributed by atoms with Gasteiger partial charge in [0.25, 0.3) is 0 Å². The van der Waals surface area contributed by atoms with Crippen molar-refractivity contribution in [1.29, 1.82) is 0 Å². The number of hydrogen-bond acceptors (Lipinski definition) is 6. The van der Waals surface area contributed by atoms with Crippen LogP contribution in [0.2, 0.25) is 0 Å². The average molecular weight is 475 g/mol. The molecule has 0 aliphatic carbocycles. The van der Waals surface area contributed by atoms with Crippen LogP contribution >= 0.6 is 0 Å². The molecule has 35 heavy (non-hydrogen) atoms. The van der Waals surface area contributed by atoms with Gasteiger partial charge in [-0.1, -0.05) is 30.3 Å². The summed E-state index contributed by atoms with van der Waals surface area (Å²) in [6, 6.07) is 18.5. The third-order valence-corrected chi connectivity index (χ3v) is 5.58. The highest BCUT2D eigenvalue weighted by molar-refractivity contribution is 5.98. The zero-order chi connectivity index (χ0) is 24.8. The number of hydrogen-bond donors (Lipinski definition) is 1. The number of fused-ring (bicyclic) bond motifs is 1. The smallest absolute Gasteiger partial charge is 0.200 e. The second-order valence-electron chi connectivity index (χ2n) is 8.74. The molecule has 0 saturated heterocycles. The van der Waals surface area contributed by atoms with Gasteiger partial charge in [-0.05, 0) is 68.8 Å². The highest BCUT2D eigenvalue weighted by Gasteiger charge is 2.25. The summed E-state index contributed by atoms with van der Waals surface area (Å²) < 4.78 is 23.6. The average Bonchev–Trinajstić information content (AvgIpc) is 2.86. The molecule has 0 bridgehead atoms. The van der Waals surface area contributed by atoms with Crippen LogP contribution in [0.4, 0.5) is 0 Å². The quantitative estimate of drug-likeness (QED) is 0.386. The highest BCUT2D eigenvalue weighted by atomic mass is 16.5. The highest BCUT2D eigenvalue weighted by Crippen LogP contribution is 2.39. The monoisotopic (exact) mass is 474 g/mol. The Morgan fingerprint density at radius 1 is 0.971 bits per heavy atom. The van der Waals surface area contributed by atoms with Gasteiger partial charge in [0.2, 0.25) is 0 Å². The number of carbonyl (C=O) groups excluding carboxylic acids is 1. The maximum absolute atomic E-state index is 13.1. The number of Topliss-reactive ketones (excluding diaryl/α,β-unsaturated/α-hetero) is 1. The molecular weight excluding hydrogens is 444 g/mol. The van der Waals surface area contributed by atoms with Crippen molar-refractivity contribution in [2.45, 2.75) is 39.6 Å². The Balaban J connectivity index is 1.52. The second kappa shape index (κ2) is 10.7. The minimum Gasteiger partial charge on any atom is -0.490 e. The maximum atomic E-state index is 13.1. The van der Waals surface area contributed by atoms with E-state index in [0.29, 0.717) is 52.9 Å². The van der Waals surface area contributed by atoms with Gasteiger partial charge in [0.05, 0.1) is 18.8 Å². The largest absolute Gasteiger partial charge is 0.490 e. The summed E-state index contributed by atoms with van der Waals surface area (Å²) in [7, 11) is 0. The Morgan fingerprint density at radius 2 is 1.77 bits per heavy atom. The molecule has 0 unspecified atom stereocenters. The molecule has 0 saturated carbocycles. The van der Waals surface area contributed by atoms with E-state index in [2.05, 4.69) is 0 Å². The van der Waals surface area contributed by atoms with E-state index in [1.165, 1.54) is 0 Å². The lowest BCUT2D eigenvalue weighted by atomic mass is 9.99. The summed E-state index contributed by atoms with van der Waals surface area (Å²) in [6.45, 7) is 6.23. The molecular formula is C29H30O6. The molecule has 4 rings (SSSR count). The van der Waals surface area contributed by atoms with Crippen molar-refractivity contribution < 1.29 is 28.8 Å². The van der Waals surface area contributed by atoms with Crippen molar-refractivity contribution in [3.63, 3.8) is 0 Å². The topological polar surface area (TPSA) is 74.2 Å². The number of rotatable bonds is 10. The molecule has 1 N–H and O–H groups in total. The van der Waals surface area contributed by atoms with Crippen molar-refractivity contribution >= 4 is 11.9 Å². The third kappa shape index (κ3) is 5.84. The van der Waals surface area contributed by atoms with Crippen LogP contribution in [-0.4, -0.2) is 29.7 Å². The lowest BCUT2D eigenvalue weighted by Gasteiger charge is -2.29. The molecule has 1 heterocycles. The lowest BCUT2D eigenvalue weighted by Crippen LogP contribution is -2.27. The van der Waals surface area contributed by atoms with E-state index in [4.69, 9.17) is 18.9 Å². The number of benzene rings is 3. The van der Waals surface area contributed by atoms with E-state index in [0.717, 1.165) is 5.56 Å². The van der Waals surface area contributed by atoms with Crippen LogP contribution < -0.4 is 18.9 Å². The predicted molar refractivity (Wildman–Crippen MR) is 134 cm³/mol. The van der Waals surface area contributed by atoms with E-state index in [9.17, 15) is 9.90 Å². The first-order chi connectivity index (χ1) is 16.9. The molecule has 3 aromatic rings. The standard InChI is InChI=1S/C29H30O6/c1-4-32-26-13-10-21(16-27(26)33-18-20-8-6-5-7-9-20)24(31)19-34-28-22(17-30)11-12-25-23(28)14-15-29(2,3)35-25/h5-16,30H,4,17-19H2,1-3H3. The van der Waals surface area contributed by atoms with Crippen LogP contribution in [0.5, 0.6) is 23.0 Å². The van der Waals surface area contributed by atoms with Gasteiger partial charge in [-0.3, -0.25) is 4.79 Å². The number of aliphatic hydroxyl groups is 1. The minimum absolute atomic E-state index is 0.202. The molecule has 0 atom stereocenters. The fourth-order valence-corrected chi connectivity index (χ4v) is 3.80. The maximum Gasteiger partial charge on any atom is 0.200 e. The molecule has 1 aliphatic rings. The van der Waals surface area contributed by atoms with E-state index in [-0.39, 0.29) is 19.0 Å². The molecule has 0 amide bonds. The molecule has 182 valence electrons. The Bertz CT molecular complexity index is 1210. The first-order valence-corrected chi connectivity index (χ1v) is 11.6. The number of ether oxygens (including phenoxy) is 4. The van der Waals surface area contributed by atoms with Gasteiger partial charge in [0.15, 0.2) is 23.9 Å². The number of ketones is 1. The first-order valence-electron chi connectivity index (χ1n) is 11.6. The lowest BCUT2D eigenvalue weighted by molar-refractivity contribution is 0.0917. The van der Waals surface area contributed by atoms with Gasteiger partial charge in [0.1, 0.15) is 23.7 Å². The van der Waals surface area contributed by atoms with Gasteiger partial charge in [-0.15, -0.1) is 0 Å². The van der Waals surface area contributed by atoms with Gasteiger partial charge in [-0.25, -0.2) is 0 Å². The van der Waals surface area contributed by atoms with Crippen molar-refractivity contribution in [1.82, 2.24) is 0 Å². The molecule has 0 spiro atoms. The van der Waals surface area contributed by atoms with Gasteiger partial charge in [0, 0.05) is 11.1 Å². The summed E-state index contributed by atoms with van der Waals surface area (Å²) >= 11 is 0. The Labute approximate surface area is 205 Å². The molecule has 0 aromatic heterocycles. The SMILES string of the molecule is CCOc1ccc(C(=O)COc2c(CO)ccc3c2C=CC(C)(C)O3)cc1OCc1ccccc1. The van der Waals surface area contributed by atoms with Gasteiger partial charge in [-0.2, -0.15) is 0 Å². The molecule has 3 aromatic carbocycles. The summed E-state index contributed by atoms with van der Waals surface area (Å²) in [5.41, 5.74) is 2.31. The predicted octanol–water partition coefficient (Wildman–Crippen LogP) is 5.60.